The van der Waals surface area contributed by atoms with Gasteiger partial charge in [-0.15, -0.1) is 0 Å². The number of Topliss-reactive ketones (excluding diaryl/α,β-unsaturated/α-hetero) is 1. The molecule has 90 valence electrons. The topological polar surface area (TPSA) is 29.1 Å². The largest absolute Gasteiger partial charge is 0.309 e. The van der Waals surface area contributed by atoms with Crippen LogP contribution in [0.5, 0.6) is 0 Å². The van der Waals surface area contributed by atoms with Gasteiger partial charge >= 0.3 is 0 Å². The highest BCUT2D eigenvalue weighted by Crippen LogP contribution is 2.43. The summed E-state index contributed by atoms with van der Waals surface area (Å²) in [6.07, 6.45) is 4.61. The van der Waals surface area contributed by atoms with Crippen molar-refractivity contribution >= 4 is 5.78 Å². The van der Waals surface area contributed by atoms with Gasteiger partial charge in [0.1, 0.15) is 5.82 Å². The fraction of sp³-hybridized carbons (Fsp3) is 0.500. The molecule has 0 amide bonds. The molecule has 0 radical (unpaired) electrons. The van der Waals surface area contributed by atoms with Crippen molar-refractivity contribution in [1.29, 1.82) is 0 Å². The van der Waals surface area contributed by atoms with Crippen molar-refractivity contribution in [3.8, 4) is 0 Å². The van der Waals surface area contributed by atoms with Gasteiger partial charge in [0.15, 0.2) is 5.78 Å². The lowest BCUT2D eigenvalue weighted by Gasteiger charge is -2.29. The molecule has 0 saturated heterocycles. The van der Waals surface area contributed by atoms with E-state index in [1.807, 2.05) is 6.07 Å². The normalized spacial score (nSPS) is 22.5. The minimum atomic E-state index is -0.313. The highest BCUT2D eigenvalue weighted by Gasteiger charge is 2.39. The summed E-state index contributed by atoms with van der Waals surface area (Å²) >= 11 is 0. The van der Waals surface area contributed by atoms with Gasteiger partial charge in [0.25, 0.3) is 0 Å². The minimum Gasteiger partial charge on any atom is -0.309 e. The average Bonchev–Trinajstić information content (AvgIpc) is 2.73. The average molecular weight is 233 g/mol. The fourth-order valence-electron chi connectivity index (χ4n) is 3.31. The van der Waals surface area contributed by atoms with Gasteiger partial charge in [-0.05, 0) is 30.5 Å². The van der Waals surface area contributed by atoms with E-state index in [4.69, 9.17) is 0 Å². The van der Waals surface area contributed by atoms with Crippen molar-refractivity contribution in [2.24, 2.45) is 0 Å². The highest BCUT2D eigenvalue weighted by molar-refractivity contribution is 5.99. The van der Waals surface area contributed by atoms with E-state index in [9.17, 15) is 9.18 Å². The Kier molecular flexibility index (Phi) is 2.51. The van der Waals surface area contributed by atoms with Gasteiger partial charge < -0.3 is 5.32 Å². The summed E-state index contributed by atoms with van der Waals surface area (Å²) in [7, 11) is 0. The van der Waals surface area contributed by atoms with Crippen LogP contribution in [-0.2, 0) is 5.41 Å². The molecule has 0 unspecified atom stereocenters. The van der Waals surface area contributed by atoms with E-state index in [0.29, 0.717) is 12.1 Å². The van der Waals surface area contributed by atoms with Crippen LogP contribution in [0.2, 0.25) is 0 Å². The molecule has 1 N–H and O–H groups in total. The minimum absolute atomic E-state index is 0.0169. The predicted octanol–water partition coefficient (Wildman–Crippen LogP) is 2.42. The molecule has 0 aromatic heterocycles. The van der Waals surface area contributed by atoms with Crippen LogP contribution < -0.4 is 5.32 Å². The molecule has 1 aliphatic heterocycles. The number of nitrogens with one attached hydrogen (secondary N) is 1. The summed E-state index contributed by atoms with van der Waals surface area (Å²) in [5.74, 6) is -0.296. The first kappa shape index (κ1) is 10.9. The van der Waals surface area contributed by atoms with Crippen LogP contribution in [0, 0.1) is 5.82 Å². The zero-order valence-electron chi connectivity index (χ0n) is 9.76. The third-order valence-electron chi connectivity index (χ3n) is 4.16. The molecule has 0 bridgehead atoms. The van der Waals surface area contributed by atoms with Crippen LogP contribution in [0.15, 0.2) is 18.2 Å². The van der Waals surface area contributed by atoms with Crippen LogP contribution in [0.25, 0.3) is 0 Å². The van der Waals surface area contributed by atoms with Gasteiger partial charge in [0, 0.05) is 17.5 Å². The van der Waals surface area contributed by atoms with Crippen LogP contribution >= 0.6 is 0 Å². The number of carbonyl (C=O) groups is 1. The highest BCUT2D eigenvalue weighted by atomic mass is 19.1. The summed E-state index contributed by atoms with van der Waals surface area (Å²) < 4.78 is 13.3. The summed E-state index contributed by atoms with van der Waals surface area (Å²) in [6, 6.07) is 4.71. The van der Waals surface area contributed by atoms with Crippen LogP contribution in [0.4, 0.5) is 4.39 Å². The Balaban J connectivity index is 2.17. The Bertz CT molecular complexity index is 463. The number of carbonyl (C=O) groups excluding carboxylic acids is 1. The first-order valence-corrected chi connectivity index (χ1v) is 6.25. The molecule has 3 rings (SSSR count). The quantitative estimate of drug-likeness (QED) is 0.745. The van der Waals surface area contributed by atoms with Crippen molar-refractivity contribution in [2.45, 2.75) is 31.1 Å². The first-order valence-electron chi connectivity index (χ1n) is 6.25. The molecule has 1 aliphatic carbocycles. The van der Waals surface area contributed by atoms with Gasteiger partial charge in [-0.3, -0.25) is 4.79 Å². The molecule has 2 aliphatic rings. The Morgan fingerprint density at radius 2 is 2.00 bits per heavy atom. The van der Waals surface area contributed by atoms with Gasteiger partial charge in [0.2, 0.25) is 0 Å². The molecule has 1 aromatic carbocycles. The second-order valence-electron chi connectivity index (χ2n) is 5.20. The Hall–Kier alpha value is -1.22. The van der Waals surface area contributed by atoms with Gasteiger partial charge in [0.05, 0.1) is 6.54 Å². The standard InChI is InChI=1S/C14H16FNO/c15-10-3-4-12-11(7-10)13(17)8-16-9-14(12)5-1-2-6-14/h3-4,7,16H,1-2,5-6,8-9H2. The van der Waals surface area contributed by atoms with E-state index in [2.05, 4.69) is 5.32 Å². The van der Waals surface area contributed by atoms with E-state index < -0.39 is 0 Å². The number of benzene rings is 1. The van der Waals surface area contributed by atoms with E-state index in [0.717, 1.165) is 24.9 Å². The third kappa shape index (κ3) is 1.69. The lowest BCUT2D eigenvalue weighted by molar-refractivity contribution is 0.0993. The van der Waals surface area contributed by atoms with E-state index in [1.54, 1.807) is 0 Å². The Morgan fingerprint density at radius 3 is 2.76 bits per heavy atom. The second-order valence-corrected chi connectivity index (χ2v) is 5.20. The zero-order valence-corrected chi connectivity index (χ0v) is 9.76. The molecule has 1 spiro atoms. The van der Waals surface area contributed by atoms with Crippen molar-refractivity contribution < 1.29 is 9.18 Å². The molecular formula is C14H16FNO. The fourth-order valence-corrected chi connectivity index (χ4v) is 3.31. The molecule has 1 aromatic rings. The molecule has 1 fully saturated rings. The van der Waals surface area contributed by atoms with Gasteiger partial charge in [-0.25, -0.2) is 4.39 Å². The number of hydrogen-bond acceptors (Lipinski definition) is 2. The Morgan fingerprint density at radius 1 is 1.24 bits per heavy atom. The number of hydrogen-bond donors (Lipinski definition) is 1. The zero-order chi connectivity index (χ0) is 11.9. The number of halogens is 1. The number of rotatable bonds is 0. The Labute approximate surface area is 100 Å². The maximum Gasteiger partial charge on any atom is 0.176 e. The molecule has 2 nitrogen and oxygen atoms in total. The van der Waals surface area contributed by atoms with Gasteiger partial charge in [-0.2, -0.15) is 0 Å². The maximum atomic E-state index is 13.3. The van der Waals surface area contributed by atoms with Crippen molar-refractivity contribution in [2.75, 3.05) is 13.1 Å². The maximum absolute atomic E-state index is 13.3. The SMILES string of the molecule is O=C1CNCC2(CCCC2)c2ccc(F)cc21. The molecule has 0 atom stereocenters. The third-order valence-corrected chi connectivity index (χ3v) is 4.16. The second kappa shape index (κ2) is 3.91. The van der Waals surface area contributed by atoms with E-state index >= 15 is 0 Å². The molecule has 1 saturated carbocycles. The molecule has 1 heterocycles. The number of ketones is 1. The summed E-state index contributed by atoms with van der Waals surface area (Å²) in [5, 5.41) is 3.22. The van der Waals surface area contributed by atoms with E-state index in [1.165, 1.54) is 25.0 Å². The van der Waals surface area contributed by atoms with Crippen LogP contribution in [0.3, 0.4) is 0 Å². The lowest BCUT2D eigenvalue weighted by atomic mass is 9.77. The van der Waals surface area contributed by atoms with Crippen LogP contribution in [-0.4, -0.2) is 18.9 Å². The molecular weight excluding hydrogens is 217 g/mol. The predicted molar refractivity (Wildman–Crippen MR) is 63.7 cm³/mol. The van der Waals surface area contributed by atoms with Crippen molar-refractivity contribution in [3.05, 3.63) is 35.1 Å². The molecule has 17 heavy (non-hydrogen) atoms. The van der Waals surface area contributed by atoms with Crippen LogP contribution in [0.1, 0.15) is 41.6 Å². The van der Waals surface area contributed by atoms with Crippen molar-refractivity contribution in [1.82, 2.24) is 5.32 Å². The molecule has 3 heteroatoms. The van der Waals surface area contributed by atoms with Crippen molar-refractivity contribution in [3.63, 3.8) is 0 Å². The lowest BCUT2D eigenvalue weighted by Crippen LogP contribution is -2.34. The summed E-state index contributed by atoms with van der Waals surface area (Å²) in [4.78, 5) is 12.0. The summed E-state index contributed by atoms with van der Waals surface area (Å²) in [5.41, 5.74) is 1.72. The number of fused-ring (bicyclic) bond motifs is 2. The monoisotopic (exact) mass is 233 g/mol. The van der Waals surface area contributed by atoms with E-state index in [-0.39, 0.29) is 17.0 Å². The first-order chi connectivity index (χ1) is 8.21. The van der Waals surface area contributed by atoms with Gasteiger partial charge in [-0.1, -0.05) is 18.9 Å². The summed E-state index contributed by atoms with van der Waals surface area (Å²) in [6.45, 7) is 1.18. The smallest absolute Gasteiger partial charge is 0.176 e.